The van der Waals surface area contributed by atoms with Crippen molar-refractivity contribution >= 4 is 33.1 Å². The molecule has 188 valence electrons. The van der Waals surface area contributed by atoms with Crippen molar-refractivity contribution in [3.05, 3.63) is 89.0 Å². The quantitative estimate of drug-likeness (QED) is 0.277. The van der Waals surface area contributed by atoms with Crippen molar-refractivity contribution in [2.24, 2.45) is 10.8 Å². The van der Waals surface area contributed by atoms with E-state index in [1.165, 1.54) is 4.31 Å². The van der Waals surface area contributed by atoms with Gasteiger partial charge in [-0.2, -0.15) is 9.41 Å². The Bertz CT molecular complexity index is 1390. The van der Waals surface area contributed by atoms with Gasteiger partial charge in [0.25, 0.3) is 0 Å². The molecule has 0 saturated carbocycles. The van der Waals surface area contributed by atoms with Gasteiger partial charge in [0.1, 0.15) is 0 Å². The van der Waals surface area contributed by atoms with E-state index in [0.717, 1.165) is 22.3 Å². The molecule has 4 rings (SSSR count). The zero-order chi connectivity index (χ0) is 25.9. The van der Waals surface area contributed by atoms with E-state index in [0.29, 0.717) is 23.6 Å². The van der Waals surface area contributed by atoms with E-state index in [4.69, 9.17) is 27.4 Å². The van der Waals surface area contributed by atoms with E-state index in [-0.39, 0.29) is 16.6 Å². The van der Waals surface area contributed by atoms with E-state index in [1.54, 1.807) is 38.5 Å². The summed E-state index contributed by atoms with van der Waals surface area (Å²) >= 11 is 5.00. The van der Waals surface area contributed by atoms with E-state index < -0.39 is 16.1 Å². The summed E-state index contributed by atoms with van der Waals surface area (Å²) in [6, 6.07) is 19.1. The molecule has 1 aliphatic heterocycles. The molecule has 0 fully saturated rings. The monoisotopic (exact) mass is 524 g/mol. The standard InChI is InChI=1S/C26H28N4O4S2/c1-17-9-11-20(12-10-17)36(31,32)30-14-13-19-15-22(33-2)23(34-3)16-21(19)25(30)24(28-29-26(27)35)18-7-5-4-6-8-18/h4-12,15-16,25H,13-14H2,1-3H3,(H3,27,29,35)/b28-24+. The number of fused-ring (bicyclic) bond motifs is 1. The lowest BCUT2D eigenvalue weighted by Crippen LogP contribution is -2.44. The fourth-order valence-electron chi connectivity index (χ4n) is 4.32. The van der Waals surface area contributed by atoms with Crippen LogP contribution in [0.2, 0.25) is 0 Å². The molecule has 36 heavy (non-hydrogen) atoms. The van der Waals surface area contributed by atoms with Crippen LogP contribution in [0.25, 0.3) is 0 Å². The van der Waals surface area contributed by atoms with Gasteiger partial charge < -0.3 is 15.2 Å². The van der Waals surface area contributed by atoms with Crippen LogP contribution >= 0.6 is 12.2 Å². The highest BCUT2D eigenvalue weighted by Crippen LogP contribution is 2.41. The first kappa shape index (κ1) is 25.6. The van der Waals surface area contributed by atoms with Gasteiger partial charge in [0, 0.05) is 6.54 Å². The van der Waals surface area contributed by atoms with Crippen molar-refractivity contribution < 1.29 is 17.9 Å². The Kier molecular flexibility index (Phi) is 7.58. The zero-order valence-electron chi connectivity index (χ0n) is 20.3. The van der Waals surface area contributed by atoms with Crippen LogP contribution in [0.3, 0.4) is 0 Å². The predicted molar refractivity (Wildman–Crippen MR) is 144 cm³/mol. The van der Waals surface area contributed by atoms with Crippen LogP contribution in [-0.2, 0) is 16.4 Å². The third-order valence-electron chi connectivity index (χ3n) is 6.07. The lowest BCUT2D eigenvalue weighted by atomic mass is 9.88. The van der Waals surface area contributed by atoms with Gasteiger partial charge >= 0.3 is 0 Å². The first-order valence-corrected chi connectivity index (χ1v) is 13.1. The van der Waals surface area contributed by atoms with Gasteiger partial charge in [-0.25, -0.2) is 8.42 Å². The molecule has 8 nitrogen and oxygen atoms in total. The lowest BCUT2D eigenvalue weighted by molar-refractivity contribution is 0.343. The average molecular weight is 525 g/mol. The van der Waals surface area contributed by atoms with Crippen molar-refractivity contribution in [3.63, 3.8) is 0 Å². The maximum atomic E-state index is 14.0. The number of hydrazone groups is 1. The normalized spacial score (nSPS) is 16.2. The topological polar surface area (TPSA) is 106 Å². The van der Waals surface area contributed by atoms with Crippen molar-refractivity contribution in [1.82, 2.24) is 9.73 Å². The van der Waals surface area contributed by atoms with Gasteiger partial charge in [-0.3, -0.25) is 5.43 Å². The smallest absolute Gasteiger partial charge is 0.244 e. The second kappa shape index (κ2) is 10.7. The Morgan fingerprint density at radius 2 is 1.69 bits per heavy atom. The molecule has 0 aliphatic carbocycles. The summed E-state index contributed by atoms with van der Waals surface area (Å²) in [6.45, 7) is 2.15. The first-order chi connectivity index (χ1) is 17.3. The second-order valence-electron chi connectivity index (χ2n) is 8.33. The minimum Gasteiger partial charge on any atom is -0.493 e. The maximum absolute atomic E-state index is 14.0. The second-order valence-corrected chi connectivity index (χ2v) is 10.7. The molecule has 0 amide bonds. The SMILES string of the molecule is COc1cc2c(cc1OC)C(/C(=N/NC(N)=S)c1ccccc1)N(S(=O)(=O)c1ccc(C)cc1)CC2. The Morgan fingerprint density at radius 3 is 2.31 bits per heavy atom. The predicted octanol–water partition coefficient (Wildman–Crippen LogP) is 3.54. The highest BCUT2D eigenvalue weighted by molar-refractivity contribution is 7.89. The van der Waals surface area contributed by atoms with Gasteiger partial charge in [0.15, 0.2) is 16.6 Å². The molecular weight excluding hydrogens is 496 g/mol. The number of methoxy groups -OCH3 is 2. The fourth-order valence-corrected chi connectivity index (χ4v) is 5.94. The van der Waals surface area contributed by atoms with Crippen LogP contribution in [0.5, 0.6) is 11.5 Å². The molecule has 3 aromatic carbocycles. The summed E-state index contributed by atoms with van der Waals surface area (Å²) in [5.41, 5.74) is 12.2. The lowest BCUT2D eigenvalue weighted by Gasteiger charge is -2.37. The number of benzene rings is 3. The van der Waals surface area contributed by atoms with Crippen LogP contribution in [0.4, 0.5) is 0 Å². The Labute approximate surface area is 216 Å². The molecule has 1 atom stereocenters. The number of rotatable bonds is 7. The number of sulfonamides is 1. The Hall–Kier alpha value is -3.47. The highest BCUT2D eigenvalue weighted by atomic mass is 32.2. The molecule has 3 N–H and O–H groups in total. The highest BCUT2D eigenvalue weighted by Gasteiger charge is 2.40. The van der Waals surface area contributed by atoms with Crippen molar-refractivity contribution in [3.8, 4) is 11.5 Å². The van der Waals surface area contributed by atoms with Gasteiger partial charge in [0.2, 0.25) is 10.0 Å². The number of hydrogen-bond acceptors (Lipinski definition) is 6. The third kappa shape index (κ3) is 5.06. The van der Waals surface area contributed by atoms with Gasteiger partial charge in [-0.05, 0) is 66.5 Å². The first-order valence-electron chi connectivity index (χ1n) is 11.3. The number of nitrogens with two attached hydrogens (primary N) is 1. The summed E-state index contributed by atoms with van der Waals surface area (Å²) in [6.07, 6.45) is 0.488. The summed E-state index contributed by atoms with van der Waals surface area (Å²) in [7, 11) is -0.793. The van der Waals surface area contributed by atoms with Gasteiger partial charge in [0.05, 0.1) is 30.9 Å². The van der Waals surface area contributed by atoms with E-state index in [2.05, 4.69) is 10.5 Å². The number of aryl methyl sites for hydroxylation is 1. The molecule has 0 spiro atoms. The van der Waals surface area contributed by atoms with Crippen LogP contribution < -0.4 is 20.6 Å². The van der Waals surface area contributed by atoms with Crippen molar-refractivity contribution in [2.45, 2.75) is 24.3 Å². The van der Waals surface area contributed by atoms with Crippen LogP contribution in [-0.4, -0.2) is 44.3 Å². The molecule has 0 bridgehead atoms. The molecule has 10 heteroatoms. The number of thiocarbonyl (C=S) groups is 1. The summed E-state index contributed by atoms with van der Waals surface area (Å²) in [5.74, 6) is 1.06. The summed E-state index contributed by atoms with van der Waals surface area (Å²) in [5, 5.41) is 4.48. The molecular formula is C26H28N4O4S2. The van der Waals surface area contributed by atoms with Crippen molar-refractivity contribution in [1.29, 1.82) is 0 Å². The molecule has 0 radical (unpaired) electrons. The van der Waals surface area contributed by atoms with E-state index in [1.807, 2.05) is 49.4 Å². The minimum atomic E-state index is -3.91. The van der Waals surface area contributed by atoms with Crippen LogP contribution in [0.15, 0.2) is 76.7 Å². The molecule has 3 aromatic rings. The fraction of sp³-hybridized carbons (Fsp3) is 0.231. The molecule has 1 heterocycles. The van der Waals surface area contributed by atoms with Crippen molar-refractivity contribution in [2.75, 3.05) is 20.8 Å². The molecule has 0 aromatic heterocycles. The molecule has 0 saturated heterocycles. The Morgan fingerprint density at radius 1 is 1.06 bits per heavy atom. The maximum Gasteiger partial charge on any atom is 0.244 e. The third-order valence-corrected chi connectivity index (χ3v) is 8.04. The number of hydrogen-bond donors (Lipinski definition) is 2. The number of nitrogens with zero attached hydrogens (tertiary/aromatic N) is 2. The Balaban J connectivity index is 1.97. The number of nitrogens with one attached hydrogen (secondary N) is 1. The zero-order valence-corrected chi connectivity index (χ0v) is 21.9. The van der Waals surface area contributed by atoms with E-state index >= 15 is 0 Å². The molecule has 1 aliphatic rings. The summed E-state index contributed by atoms with van der Waals surface area (Å²) in [4.78, 5) is 0.205. The minimum absolute atomic E-state index is 0.0280. The largest absolute Gasteiger partial charge is 0.493 e. The van der Waals surface area contributed by atoms with Gasteiger partial charge in [-0.15, -0.1) is 0 Å². The van der Waals surface area contributed by atoms with Crippen LogP contribution in [0.1, 0.15) is 28.3 Å². The molecule has 1 unspecified atom stereocenters. The summed E-state index contributed by atoms with van der Waals surface area (Å²) < 4.78 is 40.6. The van der Waals surface area contributed by atoms with Gasteiger partial charge in [-0.1, -0.05) is 48.0 Å². The average Bonchev–Trinajstić information content (AvgIpc) is 2.88. The van der Waals surface area contributed by atoms with E-state index in [9.17, 15) is 8.42 Å². The van der Waals surface area contributed by atoms with Crippen LogP contribution in [0, 0.1) is 6.92 Å². The number of ether oxygens (including phenoxy) is 2.